The number of ether oxygens (including phenoxy) is 2. The Morgan fingerprint density at radius 3 is 2.52 bits per heavy atom. The molecule has 0 N–H and O–H groups in total. The summed E-state index contributed by atoms with van der Waals surface area (Å²) < 4.78 is 11.9. The number of thioether (sulfide) groups is 1. The van der Waals surface area contributed by atoms with Gasteiger partial charge >= 0.3 is 0 Å². The van der Waals surface area contributed by atoms with E-state index in [2.05, 4.69) is 0 Å². The minimum Gasteiger partial charge on any atom is -0.493 e. The molecule has 156 valence electrons. The highest BCUT2D eigenvalue weighted by atomic mass is 35.5. The summed E-state index contributed by atoms with van der Waals surface area (Å²) in [6, 6.07) is 22.4. The van der Waals surface area contributed by atoms with Crippen LogP contribution in [-0.4, -0.2) is 17.3 Å². The van der Waals surface area contributed by atoms with E-state index in [1.807, 2.05) is 78.9 Å². The summed E-state index contributed by atoms with van der Waals surface area (Å²) in [6.07, 6.45) is 1.81. The zero-order chi connectivity index (χ0) is 21.8. The van der Waals surface area contributed by atoms with Gasteiger partial charge in [-0.2, -0.15) is 0 Å². The Kier molecular flexibility index (Phi) is 6.61. The lowest BCUT2D eigenvalue weighted by Crippen LogP contribution is -2.27. The van der Waals surface area contributed by atoms with Gasteiger partial charge in [-0.05, 0) is 42.0 Å². The third kappa shape index (κ3) is 4.77. The van der Waals surface area contributed by atoms with Gasteiger partial charge in [0, 0.05) is 10.6 Å². The average Bonchev–Trinajstić information content (AvgIpc) is 3.07. The predicted octanol–water partition coefficient (Wildman–Crippen LogP) is 6.33. The molecule has 31 heavy (non-hydrogen) atoms. The van der Waals surface area contributed by atoms with Crippen molar-refractivity contribution < 1.29 is 14.3 Å². The van der Waals surface area contributed by atoms with Gasteiger partial charge in [-0.3, -0.25) is 9.69 Å². The summed E-state index contributed by atoms with van der Waals surface area (Å²) in [6.45, 7) is 0.325. The first-order valence-corrected chi connectivity index (χ1v) is 11.0. The molecule has 1 saturated heterocycles. The minimum atomic E-state index is -0.140. The number of rotatable bonds is 6. The van der Waals surface area contributed by atoms with Gasteiger partial charge in [0.25, 0.3) is 5.91 Å². The normalized spacial score (nSPS) is 14.9. The van der Waals surface area contributed by atoms with Crippen LogP contribution in [0.3, 0.4) is 0 Å². The second kappa shape index (κ2) is 9.56. The van der Waals surface area contributed by atoms with E-state index in [1.54, 1.807) is 12.0 Å². The molecule has 4 rings (SSSR count). The first-order chi connectivity index (χ1) is 15.1. The van der Waals surface area contributed by atoms with Crippen molar-refractivity contribution in [2.45, 2.75) is 6.61 Å². The Hall–Kier alpha value is -2.80. The maximum Gasteiger partial charge on any atom is 0.270 e. The van der Waals surface area contributed by atoms with E-state index in [0.717, 1.165) is 16.8 Å². The molecular formula is C24H18ClNO3S2. The zero-order valence-corrected chi connectivity index (χ0v) is 19.0. The highest BCUT2D eigenvalue weighted by molar-refractivity contribution is 8.27. The predicted molar refractivity (Wildman–Crippen MR) is 131 cm³/mol. The molecule has 1 aliphatic heterocycles. The maximum absolute atomic E-state index is 12.9. The van der Waals surface area contributed by atoms with Crippen LogP contribution in [0.1, 0.15) is 11.1 Å². The van der Waals surface area contributed by atoms with Crippen molar-refractivity contribution in [2.24, 2.45) is 0 Å². The monoisotopic (exact) mass is 467 g/mol. The molecule has 3 aromatic rings. The molecule has 1 aliphatic rings. The minimum absolute atomic E-state index is 0.140. The first kappa shape index (κ1) is 21.4. The summed E-state index contributed by atoms with van der Waals surface area (Å²) in [5.74, 6) is 1.02. The number of methoxy groups -OCH3 is 1. The molecule has 7 heteroatoms. The van der Waals surface area contributed by atoms with E-state index in [-0.39, 0.29) is 5.91 Å². The molecule has 0 aliphatic carbocycles. The number of hydrogen-bond donors (Lipinski definition) is 0. The van der Waals surface area contributed by atoms with Crippen LogP contribution < -0.4 is 14.4 Å². The molecule has 0 radical (unpaired) electrons. The van der Waals surface area contributed by atoms with Gasteiger partial charge < -0.3 is 9.47 Å². The molecule has 0 aromatic heterocycles. The molecule has 0 bridgehead atoms. The second-order valence-electron chi connectivity index (χ2n) is 6.64. The third-order valence-corrected chi connectivity index (χ3v) is 6.31. The van der Waals surface area contributed by atoms with E-state index in [9.17, 15) is 4.79 Å². The number of para-hydroxylation sites is 1. The summed E-state index contributed by atoms with van der Waals surface area (Å²) in [5.41, 5.74) is 2.46. The summed E-state index contributed by atoms with van der Waals surface area (Å²) in [4.78, 5) is 15.0. The number of halogens is 1. The highest BCUT2D eigenvalue weighted by Crippen LogP contribution is 2.37. The Balaban J connectivity index is 1.54. The van der Waals surface area contributed by atoms with Gasteiger partial charge in [-0.15, -0.1) is 0 Å². The standard InChI is InChI=1S/C24H18ClNO3S2/c1-28-21-13-16(11-12-20(21)29-15-17-7-5-6-10-19(17)25)14-22-23(27)26(24(30)31-22)18-8-3-2-4-9-18/h2-14H,15H2,1H3/b22-14-. The highest BCUT2D eigenvalue weighted by Gasteiger charge is 2.33. The lowest BCUT2D eigenvalue weighted by molar-refractivity contribution is -0.113. The van der Waals surface area contributed by atoms with Crippen LogP contribution in [0, 0.1) is 0 Å². The Labute approximate surface area is 195 Å². The van der Waals surface area contributed by atoms with Crippen LogP contribution in [0.4, 0.5) is 5.69 Å². The number of carbonyl (C=O) groups is 1. The molecule has 4 nitrogen and oxygen atoms in total. The van der Waals surface area contributed by atoms with Gasteiger partial charge in [0.05, 0.1) is 17.7 Å². The molecule has 1 fully saturated rings. The van der Waals surface area contributed by atoms with E-state index in [1.165, 1.54) is 11.8 Å². The molecule has 1 heterocycles. The average molecular weight is 468 g/mol. The zero-order valence-electron chi connectivity index (χ0n) is 16.6. The van der Waals surface area contributed by atoms with Gasteiger partial charge in [0.2, 0.25) is 0 Å². The fraction of sp³-hybridized carbons (Fsp3) is 0.0833. The Morgan fingerprint density at radius 1 is 1.03 bits per heavy atom. The number of hydrogen-bond acceptors (Lipinski definition) is 5. The van der Waals surface area contributed by atoms with E-state index in [0.29, 0.717) is 32.4 Å². The van der Waals surface area contributed by atoms with Gasteiger partial charge in [0.1, 0.15) is 6.61 Å². The maximum atomic E-state index is 12.9. The van der Waals surface area contributed by atoms with Crippen molar-refractivity contribution >= 4 is 57.6 Å². The summed E-state index contributed by atoms with van der Waals surface area (Å²) in [5, 5.41) is 0.651. The van der Waals surface area contributed by atoms with Crippen molar-refractivity contribution in [2.75, 3.05) is 12.0 Å². The van der Waals surface area contributed by atoms with E-state index in [4.69, 9.17) is 33.3 Å². The second-order valence-corrected chi connectivity index (χ2v) is 8.73. The van der Waals surface area contributed by atoms with E-state index < -0.39 is 0 Å². The number of amides is 1. The Bertz CT molecular complexity index is 1160. The lowest BCUT2D eigenvalue weighted by atomic mass is 10.1. The van der Waals surface area contributed by atoms with Crippen LogP contribution in [0.15, 0.2) is 77.7 Å². The number of nitrogens with zero attached hydrogens (tertiary/aromatic N) is 1. The van der Waals surface area contributed by atoms with Crippen LogP contribution in [0.5, 0.6) is 11.5 Å². The molecule has 1 amide bonds. The largest absolute Gasteiger partial charge is 0.493 e. The molecular weight excluding hydrogens is 450 g/mol. The van der Waals surface area contributed by atoms with Crippen LogP contribution in [-0.2, 0) is 11.4 Å². The molecule has 0 atom stereocenters. The van der Waals surface area contributed by atoms with Crippen molar-refractivity contribution in [3.8, 4) is 11.5 Å². The van der Waals surface area contributed by atoms with Crippen molar-refractivity contribution in [3.05, 3.63) is 93.9 Å². The van der Waals surface area contributed by atoms with Gasteiger partial charge in [0.15, 0.2) is 15.8 Å². The van der Waals surface area contributed by atoms with E-state index >= 15 is 0 Å². The number of thiocarbonyl (C=S) groups is 1. The Morgan fingerprint density at radius 2 is 1.77 bits per heavy atom. The molecule has 0 saturated carbocycles. The first-order valence-electron chi connectivity index (χ1n) is 9.44. The fourth-order valence-corrected chi connectivity index (χ4v) is 4.57. The summed E-state index contributed by atoms with van der Waals surface area (Å²) >= 11 is 12.9. The van der Waals surface area contributed by atoms with Crippen LogP contribution in [0.25, 0.3) is 6.08 Å². The van der Waals surface area contributed by atoms with Crippen molar-refractivity contribution in [3.63, 3.8) is 0 Å². The number of carbonyl (C=O) groups excluding carboxylic acids is 1. The quantitative estimate of drug-likeness (QED) is 0.312. The van der Waals surface area contributed by atoms with Crippen LogP contribution in [0.2, 0.25) is 5.02 Å². The molecule has 0 unspecified atom stereocenters. The number of benzene rings is 3. The summed E-state index contributed by atoms with van der Waals surface area (Å²) in [7, 11) is 1.58. The van der Waals surface area contributed by atoms with Crippen LogP contribution >= 0.6 is 35.6 Å². The number of anilines is 1. The topological polar surface area (TPSA) is 38.8 Å². The smallest absolute Gasteiger partial charge is 0.270 e. The van der Waals surface area contributed by atoms with Crippen molar-refractivity contribution in [1.82, 2.24) is 0 Å². The lowest BCUT2D eigenvalue weighted by Gasteiger charge is -2.14. The van der Waals surface area contributed by atoms with Gasteiger partial charge in [-0.1, -0.05) is 78.0 Å². The van der Waals surface area contributed by atoms with Crippen molar-refractivity contribution in [1.29, 1.82) is 0 Å². The molecule has 0 spiro atoms. The van der Waals surface area contributed by atoms with Gasteiger partial charge in [-0.25, -0.2) is 0 Å². The molecule has 3 aromatic carbocycles. The fourth-order valence-electron chi connectivity index (χ4n) is 3.08. The third-order valence-electron chi connectivity index (χ3n) is 4.63. The SMILES string of the molecule is COc1cc(/C=C2\SC(=S)N(c3ccccc3)C2=O)ccc1OCc1ccccc1Cl.